The van der Waals surface area contributed by atoms with Gasteiger partial charge in [0, 0.05) is 74.1 Å². The Labute approximate surface area is 193 Å². The van der Waals surface area contributed by atoms with E-state index >= 15 is 0 Å². The van der Waals surface area contributed by atoms with E-state index in [2.05, 4.69) is 15.1 Å². The van der Waals surface area contributed by atoms with Crippen molar-refractivity contribution in [1.29, 1.82) is 0 Å². The molecule has 174 valence electrons. The summed E-state index contributed by atoms with van der Waals surface area (Å²) in [4.78, 5) is 16.9. The minimum atomic E-state index is -0.275. The number of nitrogens with zero attached hydrogens (tertiary/aromatic N) is 2. The van der Waals surface area contributed by atoms with Crippen LogP contribution in [0.2, 0.25) is 5.02 Å². The minimum absolute atomic E-state index is 0.0974. The number of nitrogens with one attached hydrogen (secondary N) is 1. The molecule has 0 spiro atoms. The summed E-state index contributed by atoms with van der Waals surface area (Å²) in [5.41, 5.74) is 1.11. The van der Waals surface area contributed by atoms with Gasteiger partial charge in [0.05, 0.1) is 21.3 Å². The zero-order valence-corrected chi connectivity index (χ0v) is 19.4. The second-order valence-corrected chi connectivity index (χ2v) is 7.94. The first-order chi connectivity index (χ1) is 15.4. The lowest BCUT2D eigenvalue weighted by molar-refractivity contribution is -0.116. The van der Waals surface area contributed by atoms with Crippen molar-refractivity contribution >= 4 is 23.2 Å². The first kappa shape index (κ1) is 24.1. The maximum absolute atomic E-state index is 14.0. The van der Waals surface area contributed by atoms with Gasteiger partial charge in [-0.3, -0.25) is 9.69 Å². The number of amides is 1. The van der Waals surface area contributed by atoms with Crippen LogP contribution < -0.4 is 19.5 Å². The van der Waals surface area contributed by atoms with E-state index in [1.165, 1.54) is 27.4 Å². The number of benzene rings is 2. The fourth-order valence-electron chi connectivity index (χ4n) is 3.71. The smallest absolute Gasteiger partial charge is 0.225 e. The lowest BCUT2D eigenvalue weighted by atomic mass is 10.1. The van der Waals surface area contributed by atoms with Crippen molar-refractivity contribution < 1.29 is 23.4 Å². The average molecular weight is 466 g/mol. The van der Waals surface area contributed by atoms with Crippen LogP contribution in [0, 0.1) is 5.82 Å². The number of ether oxygens (including phenoxy) is 3. The van der Waals surface area contributed by atoms with Crippen molar-refractivity contribution in [2.24, 2.45) is 0 Å². The van der Waals surface area contributed by atoms with Gasteiger partial charge < -0.3 is 24.4 Å². The SMILES string of the molecule is COc1cc(NC(=O)CCN2CCN(Cc3c(F)cccc3Cl)CC2)cc(OC)c1OC. The Balaban J connectivity index is 1.47. The Morgan fingerprint density at radius 2 is 1.66 bits per heavy atom. The molecule has 0 atom stereocenters. The first-order valence-electron chi connectivity index (χ1n) is 10.4. The van der Waals surface area contributed by atoms with Crippen LogP contribution >= 0.6 is 11.6 Å². The largest absolute Gasteiger partial charge is 0.493 e. The number of halogens is 2. The number of hydrogen-bond donors (Lipinski definition) is 1. The van der Waals surface area contributed by atoms with Crippen LogP contribution in [0.3, 0.4) is 0 Å². The molecular weight excluding hydrogens is 437 g/mol. The molecule has 1 aliphatic rings. The topological polar surface area (TPSA) is 63.3 Å². The van der Waals surface area contributed by atoms with Gasteiger partial charge in [-0.15, -0.1) is 0 Å². The second kappa shape index (κ2) is 11.4. The second-order valence-electron chi connectivity index (χ2n) is 7.53. The van der Waals surface area contributed by atoms with E-state index in [1.807, 2.05) is 0 Å². The van der Waals surface area contributed by atoms with Gasteiger partial charge in [-0.05, 0) is 12.1 Å². The quantitative estimate of drug-likeness (QED) is 0.610. The van der Waals surface area contributed by atoms with Gasteiger partial charge in [-0.25, -0.2) is 4.39 Å². The summed E-state index contributed by atoms with van der Waals surface area (Å²) in [6, 6.07) is 8.16. The fourth-order valence-corrected chi connectivity index (χ4v) is 3.94. The summed E-state index contributed by atoms with van der Waals surface area (Å²) in [5.74, 6) is 1.06. The molecule has 3 rings (SSSR count). The molecule has 1 heterocycles. The number of piperazine rings is 1. The molecule has 0 unspecified atom stereocenters. The van der Waals surface area contributed by atoms with Crippen LogP contribution in [-0.2, 0) is 11.3 Å². The van der Waals surface area contributed by atoms with Crippen molar-refractivity contribution in [3.63, 3.8) is 0 Å². The van der Waals surface area contributed by atoms with Crippen LogP contribution in [0.5, 0.6) is 17.2 Å². The number of carbonyl (C=O) groups is 1. The molecule has 0 radical (unpaired) electrons. The molecule has 32 heavy (non-hydrogen) atoms. The summed E-state index contributed by atoms with van der Waals surface area (Å²) in [5, 5.41) is 3.34. The summed E-state index contributed by atoms with van der Waals surface area (Å²) in [6.45, 7) is 4.33. The van der Waals surface area contributed by atoms with Gasteiger partial charge in [0.2, 0.25) is 11.7 Å². The van der Waals surface area contributed by atoms with Crippen LogP contribution in [0.4, 0.5) is 10.1 Å². The Bertz CT molecular complexity index is 890. The van der Waals surface area contributed by atoms with Crippen molar-refractivity contribution in [1.82, 2.24) is 9.80 Å². The molecule has 1 saturated heterocycles. The van der Waals surface area contributed by atoms with Crippen molar-refractivity contribution in [2.75, 3.05) is 59.4 Å². The molecule has 1 fully saturated rings. The molecule has 0 aliphatic carbocycles. The van der Waals surface area contributed by atoms with Gasteiger partial charge in [0.15, 0.2) is 11.5 Å². The first-order valence-corrected chi connectivity index (χ1v) is 10.8. The maximum Gasteiger partial charge on any atom is 0.225 e. The van der Waals surface area contributed by atoms with Crippen LogP contribution in [0.15, 0.2) is 30.3 Å². The number of hydrogen-bond acceptors (Lipinski definition) is 6. The predicted octanol–water partition coefficient (Wildman–Crippen LogP) is 3.65. The lowest BCUT2D eigenvalue weighted by Gasteiger charge is -2.34. The van der Waals surface area contributed by atoms with E-state index in [-0.39, 0.29) is 11.7 Å². The molecule has 0 aromatic heterocycles. The van der Waals surface area contributed by atoms with E-state index in [9.17, 15) is 9.18 Å². The molecular formula is C23H29ClFN3O4. The molecule has 0 bridgehead atoms. The Hall–Kier alpha value is -2.55. The van der Waals surface area contributed by atoms with E-state index in [1.54, 1.807) is 24.3 Å². The Morgan fingerprint density at radius 1 is 1.03 bits per heavy atom. The summed E-state index contributed by atoms with van der Waals surface area (Å²) in [7, 11) is 4.59. The molecule has 2 aromatic rings. The standard InChI is InChI=1S/C23H29ClFN3O4/c1-30-20-13-16(14-21(31-2)23(20)32-3)26-22(29)7-8-27-9-11-28(12-10-27)15-17-18(24)5-4-6-19(17)25/h4-6,13-14H,7-12,15H2,1-3H3,(H,26,29). The predicted molar refractivity (Wildman–Crippen MR) is 122 cm³/mol. The molecule has 0 saturated carbocycles. The van der Waals surface area contributed by atoms with E-state index < -0.39 is 0 Å². The molecule has 9 heteroatoms. The third kappa shape index (κ3) is 6.03. The van der Waals surface area contributed by atoms with E-state index in [0.717, 1.165) is 26.2 Å². The van der Waals surface area contributed by atoms with E-state index in [4.69, 9.17) is 25.8 Å². The normalized spacial score (nSPS) is 14.8. The van der Waals surface area contributed by atoms with E-state index in [0.29, 0.717) is 53.0 Å². The highest BCUT2D eigenvalue weighted by molar-refractivity contribution is 6.31. The Morgan fingerprint density at radius 3 is 2.22 bits per heavy atom. The zero-order valence-electron chi connectivity index (χ0n) is 18.6. The highest BCUT2D eigenvalue weighted by Crippen LogP contribution is 2.39. The van der Waals surface area contributed by atoms with Crippen LogP contribution in [0.1, 0.15) is 12.0 Å². The molecule has 1 N–H and O–H groups in total. The van der Waals surface area contributed by atoms with Crippen molar-refractivity contribution in [3.05, 3.63) is 46.7 Å². The maximum atomic E-state index is 14.0. The molecule has 2 aromatic carbocycles. The van der Waals surface area contributed by atoms with Gasteiger partial charge >= 0.3 is 0 Å². The summed E-state index contributed by atoms with van der Waals surface area (Å²) >= 11 is 6.14. The van der Waals surface area contributed by atoms with Gasteiger partial charge in [-0.1, -0.05) is 17.7 Å². The highest BCUT2D eigenvalue weighted by Gasteiger charge is 2.20. The Kier molecular flexibility index (Phi) is 8.55. The third-order valence-corrected chi connectivity index (χ3v) is 5.87. The minimum Gasteiger partial charge on any atom is -0.493 e. The van der Waals surface area contributed by atoms with Crippen molar-refractivity contribution in [3.8, 4) is 17.2 Å². The molecule has 7 nitrogen and oxygen atoms in total. The molecule has 1 aliphatic heterocycles. The third-order valence-electron chi connectivity index (χ3n) is 5.51. The zero-order chi connectivity index (χ0) is 23.1. The number of rotatable bonds is 9. The fraction of sp³-hybridized carbons (Fsp3) is 0.435. The number of anilines is 1. The van der Waals surface area contributed by atoms with Crippen molar-refractivity contribution in [2.45, 2.75) is 13.0 Å². The lowest BCUT2D eigenvalue weighted by Crippen LogP contribution is -2.46. The summed E-state index contributed by atoms with van der Waals surface area (Å²) in [6.07, 6.45) is 0.357. The van der Waals surface area contributed by atoms with Crippen LogP contribution in [0.25, 0.3) is 0 Å². The average Bonchev–Trinajstić information content (AvgIpc) is 2.80. The van der Waals surface area contributed by atoms with Crippen LogP contribution in [-0.4, -0.2) is 69.8 Å². The molecule has 1 amide bonds. The van der Waals surface area contributed by atoms with Gasteiger partial charge in [-0.2, -0.15) is 0 Å². The summed E-state index contributed by atoms with van der Waals surface area (Å²) < 4.78 is 30.0. The number of carbonyl (C=O) groups excluding carboxylic acids is 1. The number of methoxy groups -OCH3 is 3. The van der Waals surface area contributed by atoms with Gasteiger partial charge in [0.1, 0.15) is 5.82 Å². The van der Waals surface area contributed by atoms with Gasteiger partial charge in [0.25, 0.3) is 0 Å². The monoisotopic (exact) mass is 465 g/mol. The highest BCUT2D eigenvalue weighted by atomic mass is 35.5.